The fourth-order valence-corrected chi connectivity index (χ4v) is 3.98. The van der Waals surface area contributed by atoms with Gasteiger partial charge in [-0.15, -0.1) is 11.3 Å². The Kier molecular flexibility index (Phi) is 5.98. The van der Waals surface area contributed by atoms with Crippen molar-refractivity contribution in [2.75, 3.05) is 32.1 Å². The van der Waals surface area contributed by atoms with E-state index in [2.05, 4.69) is 12.2 Å². The summed E-state index contributed by atoms with van der Waals surface area (Å²) in [6.45, 7) is 5.77. The van der Waals surface area contributed by atoms with E-state index in [1.54, 1.807) is 23.3 Å². The fourth-order valence-electron chi connectivity index (χ4n) is 3.07. The zero-order valence-electron chi connectivity index (χ0n) is 15.4. The molecule has 1 amide bonds. The molecule has 26 heavy (non-hydrogen) atoms. The topological polar surface area (TPSA) is 63.7 Å². The molecule has 1 aromatic carbocycles. The van der Waals surface area contributed by atoms with Gasteiger partial charge in [0.15, 0.2) is 5.13 Å². The molecule has 1 aromatic heterocycles. The zero-order valence-corrected chi connectivity index (χ0v) is 16.3. The summed E-state index contributed by atoms with van der Waals surface area (Å²) in [7, 11) is 1.67. The van der Waals surface area contributed by atoms with Gasteiger partial charge >= 0.3 is 6.09 Å². The third-order valence-electron chi connectivity index (χ3n) is 4.51. The second-order valence-electron chi connectivity index (χ2n) is 6.26. The number of anilines is 1. The number of benzene rings is 1. The number of aryl methyl sites for hydroxylation is 1. The number of hydrogen-bond donors (Lipinski definition) is 1. The highest BCUT2D eigenvalue weighted by molar-refractivity contribution is 7.16. The molecule has 1 N–H and O–H groups in total. The number of piperidine rings is 1. The van der Waals surface area contributed by atoms with E-state index in [1.165, 1.54) is 4.88 Å². The van der Waals surface area contributed by atoms with Crippen molar-refractivity contribution in [1.82, 2.24) is 9.88 Å². The lowest BCUT2D eigenvalue weighted by molar-refractivity contribution is 0.0983. The first-order valence-electron chi connectivity index (χ1n) is 8.90. The van der Waals surface area contributed by atoms with E-state index < -0.39 is 0 Å². The van der Waals surface area contributed by atoms with E-state index >= 15 is 0 Å². The first-order valence-corrected chi connectivity index (χ1v) is 9.72. The summed E-state index contributed by atoms with van der Waals surface area (Å²) in [5.74, 6) is 0.841. The van der Waals surface area contributed by atoms with Crippen LogP contribution in [-0.4, -0.2) is 48.8 Å². The van der Waals surface area contributed by atoms with E-state index in [9.17, 15) is 4.79 Å². The summed E-state index contributed by atoms with van der Waals surface area (Å²) in [5, 5.41) is 4.46. The number of carbonyl (C=O) groups is 1. The second-order valence-corrected chi connectivity index (χ2v) is 7.46. The summed E-state index contributed by atoms with van der Waals surface area (Å²) in [5.41, 5.74) is 2.09. The summed E-state index contributed by atoms with van der Waals surface area (Å²) in [4.78, 5) is 19.5. The van der Waals surface area contributed by atoms with Crippen LogP contribution in [0.25, 0.3) is 11.3 Å². The van der Waals surface area contributed by atoms with Gasteiger partial charge in [-0.2, -0.15) is 0 Å². The summed E-state index contributed by atoms with van der Waals surface area (Å²) in [6.07, 6.45) is 1.59. The average Bonchev–Trinajstić information content (AvgIpc) is 3.02. The minimum atomic E-state index is -0.210. The van der Waals surface area contributed by atoms with Crippen molar-refractivity contribution in [2.45, 2.75) is 32.7 Å². The lowest BCUT2D eigenvalue weighted by atomic mass is 10.1. The average molecular weight is 375 g/mol. The number of nitrogens with one attached hydrogen (secondary N) is 1. The van der Waals surface area contributed by atoms with Crippen LogP contribution < -0.4 is 10.1 Å². The molecule has 7 heteroatoms. The normalized spacial score (nSPS) is 15.0. The van der Waals surface area contributed by atoms with Crippen molar-refractivity contribution in [3.05, 3.63) is 29.1 Å². The maximum Gasteiger partial charge on any atom is 0.409 e. The monoisotopic (exact) mass is 375 g/mol. The molecule has 6 nitrogen and oxygen atoms in total. The van der Waals surface area contributed by atoms with Gasteiger partial charge in [-0.1, -0.05) is 0 Å². The van der Waals surface area contributed by atoms with Crippen LogP contribution in [0.3, 0.4) is 0 Å². The summed E-state index contributed by atoms with van der Waals surface area (Å²) >= 11 is 1.67. The molecule has 0 unspecified atom stereocenters. The summed E-state index contributed by atoms with van der Waals surface area (Å²) in [6, 6.07) is 8.29. The zero-order chi connectivity index (χ0) is 18.5. The van der Waals surface area contributed by atoms with Crippen LogP contribution >= 0.6 is 11.3 Å². The Morgan fingerprint density at radius 2 is 2.00 bits per heavy atom. The van der Waals surface area contributed by atoms with Gasteiger partial charge in [-0.25, -0.2) is 9.78 Å². The smallest absolute Gasteiger partial charge is 0.409 e. The molecule has 3 rings (SSSR count). The highest BCUT2D eigenvalue weighted by Gasteiger charge is 2.24. The number of rotatable bonds is 5. The van der Waals surface area contributed by atoms with Crippen LogP contribution in [0.5, 0.6) is 5.75 Å². The summed E-state index contributed by atoms with van der Waals surface area (Å²) < 4.78 is 10.3. The number of ether oxygens (including phenoxy) is 2. The minimum Gasteiger partial charge on any atom is -0.497 e. The molecule has 2 heterocycles. The van der Waals surface area contributed by atoms with Gasteiger partial charge in [0.2, 0.25) is 0 Å². The number of amides is 1. The number of methoxy groups -OCH3 is 1. The van der Waals surface area contributed by atoms with Crippen molar-refractivity contribution in [2.24, 2.45) is 0 Å². The van der Waals surface area contributed by atoms with Gasteiger partial charge in [-0.05, 0) is 51.0 Å². The second kappa shape index (κ2) is 8.40. The van der Waals surface area contributed by atoms with Gasteiger partial charge < -0.3 is 19.7 Å². The number of hydrogen-bond acceptors (Lipinski definition) is 6. The highest BCUT2D eigenvalue weighted by atomic mass is 32.1. The van der Waals surface area contributed by atoms with Crippen LogP contribution in [0, 0.1) is 6.92 Å². The quantitative estimate of drug-likeness (QED) is 0.850. The first-order chi connectivity index (χ1) is 12.6. The van der Waals surface area contributed by atoms with Gasteiger partial charge in [0.1, 0.15) is 5.75 Å². The van der Waals surface area contributed by atoms with Crippen molar-refractivity contribution in [1.29, 1.82) is 0 Å². The minimum absolute atomic E-state index is 0.210. The Balaban J connectivity index is 1.60. The van der Waals surface area contributed by atoms with E-state index in [4.69, 9.17) is 14.5 Å². The maximum atomic E-state index is 11.8. The molecule has 0 aliphatic carbocycles. The largest absolute Gasteiger partial charge is 0.497 e. The molecule has 140 valence electrons. The van der Waals surface area contributed by atoms with Crippen LogP contribution in [0.1, 0.15) is 24.6 Å². The Hall–Kier alpha value is -2.28. The van der Waals surface area contributed by atoms with E-state index in [0.29, 0.717) is 25.7 Å². The van der Waals surface area contributed by atoms with Crippen molar-refractivity contribution < 1.29 is 14.3 Å². The molecule has 1 aliphatic rings. The molecule has 0 spiro atoms. The third kappa shape index (κ3) is 4.27. The number of thiazole rings is 1. The number of aromatic nitrogens is 1. The molecule has 0 saturated carbocycles. The predicted molar refractivity (Wildman–Crippen MR) is 104 cm³/mol. The third-order valence-corrected chi connectivity index (χ3v) is 5.41. The van der Waals surface area contributed by atoms with E-state index in [0.717, 1.165) is 35.0 Å². The molecule has 0 bridgehead atoms. The van der Waals surface area contributed by atoms with Gasteiger partial charge in [-0.3, -0.25) is 0 Å². The predicted octanol–water partition coefficient (Wildman–Crippen LogP) is 4.16. The van der Waals surface area contributed by atoms with Crippen LogP contribution in [0.4, 0.5) is 9.93 Å². The molecule has 1 saturated heterocycles. The lowest BCUT2D eigenvalue weighted by Crippen LogP contribution is -2.42. The van der Waals surface area contributed by atoms with Crippen molar-refractivity contribution >= 4 is 22.6 Å². The number of likely N-dealkylation sites (tertiary alicyclic amines) is 1. The molecule has 0 atom stereocenters. The molecule has 1 aliphatic heterocycles. The van der Waals surface area contributed by atoms with Crippen LogP contribution in [0.15, 0.2) is 24.3 Å². The lowest BCUT2D eigenvalue weighted by Gasteiger charge is -2.31. The van der Waals surface area contributed by atoms with E-state index in [-0.39, 0.29) is 6.09 Å². The van der Waals surface area contributed by atoms with Crippen LogP contribution in [0.2, 0.25) is 0 Å². The maximum absolute atomic E-state index is 11.8. The molecule has 2 aromatic rings. The van der Waals surface area contributed by atoms with E-state index in [1.807, 2.05) is 31.2 Å². The standard InChI is InChI=1S/C19H25N3O3S/c1-4-25-19(23)22-11-9-15(10-12-22)20-18-21-17(13(2)26-18)14-5-7-16(24-3)8-6-14/h5-8,15H,4,9-12H2,1-3H3,(H,20,21). The fraction of sp³-hybridized carbons (Fsp3) is 0.474. The number of nitrogens with zero attached hydrogens (tertiary/aromatic N) is 2. The molecule has 0 radical (unpaired) electrons. The molecular formula is C19H25N3O3S. The molecule has 1 fully saturated rings. The Labute approximate surface area is 158 Å². The Morgan fingerprint density at radius 3 is 2.62 bits per heavy atom. The molecular weight excluding hydrogens is 350 g/mol. The SMILES string of the molecule is CCOC(=O)N1CCC(Nc2nc(-c3ccc(OC)cc3)c(C)s2)CC1. The highest BCUT2D eigenvalue weighted by Crippen LogP contribution is 2.32. The van der Waals surface area contributed by atoms with Gasteiger partial charge in [0.25, 0.3) is 0 Å². The van der Waals surface area contributed by atoms with Crippen molar-refractivity contribution in [3.8, 4) is 17.0 Å². The number of carbonyl (C=O) groups excluding carboxylic acids is 1. The van der Waals surface area contributed by atoms with Crippen LogP contribution in [-0.2, 0) is 4.74 Å². The Bertz CT molecular complexity index is 737. The van der Waals surface area contributed by atoms with Crippen molar-refractivity contribution in [3.63, 3.8) is 0 Å². The van der Waals surface area contributed by atoms with Gasteiger partial charge in [0.05, 0.1) is 19.4 Å². The first kappa shape index (κ1) is 18.5. The Morgan fingerprint density at radius 1 is 1.31 bits per heavy atom. The van der Waals surface area contributed by atoms with Gasteiger partial charge in [0, 0.05) is 29.6 Å².